The Kier molecular flexibility index (Phi) is 7.20. The molecule has 2 aliphatic rings. The zero-order chi connectivity index (χ0) is 24.2. The van der Waals surface area contributed by atoms with Crippen LogP contribution in [0, 0.1) is 11.8 Å². The number of carbonyl (C=O) groups is 3. The minimum absolute atomic E-state index is 0.0341. The van der Waals surface area contributed by atoms with Crippen LogP contribution < -0.4 is 10.6 Å². The fraction of sp³-hybridized carbons (Fsp3) is 0.444. The highest BCUT2D eigenvalue weighted by atomic mass is 16.5. The second-order valence-corrected chi connectivity index (χ2v) is 9.64. The molecule has 0 aromatic heterocycles. The monoisotopic (exact) mass is 464 g/mol. The van der Waals surface area contributed by atoms with Crippen LogP contribution in [-0.4, -0.2) is 41.8 Å². The summed E-state index contributed by atoms with van der Waals surface area (Å²) in [6.45, 7) is 4.04. The Labute approximate surface area is 199 Å². The van der Waals surface area contributed by atoms with Gasteiger partial charge in [-0.1, -0.05) is 68.8 Å². The first kappa shape index (κ1) is 23.8. The molecule has 0 spiro atoms. The number of benzene rings is 2. The minimum Gasteiger partial charge on any atom is -0.480 e. The molecule has 34 heavy (non-hydrogen) atoms. The Bertz CT molecular complexity index is 1020. The number of hydrogen-bond acceptors (Lipinski definition) is 4. The molecule has 3 N–H and O–H groups in total. The Morgan fingerprint density at radius 3 is 2.21 bits per heavy atom. The van der Waals surface area contributed by atoms with Gasteiger partial charge in [-0.15, -0.1) is 0 Å². The van der Waals surface area contributed by atoms with Crippen LogP contribution in [0.1, 0.15) is 56.6 Å². The molecule has 7 nitrogen and oxygen atoms in total. The van der Waals surface area contributed by atoms with Crippen LogP contribution in [0.5, 0.6) is 0 Å². The number of ether oxygens (including phenoxy) is 1. The molecular weight excluding hydrogens is 432 g/mol. The van der Waals surface area contributed by atoms with Crippen molar-refractivity contribution in [3.63, 3.8) is 0 Å². The largest absolute Gasteiger partial charge is 0.480 e. The number of hydrogen-bond donors (Lipinski definition) is 3. The van der Waals surface area contributed by atoms with E-state index in [0.717, 1.165) is 28.7 Å². The van der Waals surface area contributed by atoms with Crippen LogP contribution >= 0.6 is 0 Å². The first-order chi connectivity index (χ1) is 16.3. The fourth-order valence-corrected chi connectivity index (χ4v) is 5.21. The van der Waals surface area contributed by atoms with Gasteiger partial charge in [0.2, 0.25) is 5.91 Å². The average molecular weight is 465 g/mol. The molecule has 1 saturated carbocycles. The second-order valence-electron chi connectivity index (χ2n) is 9.64. The van der Waals surface area contributed by atoms with E-state index < -0.39 is 24.0 Å². The molecule has 2 aromatic carbocycles. The fourth-order valence-electron chi connectivity index (χ4n) is 5.21. The van der Waals surface area contributed by atoms with E-state index in [9.17, 15) is 19.5 Å². The van der Waals surface area contributed by atoms with E-state index in [-0.39, 0.29) is 30.4 Å². The predicted octanol–water partition coefficient (Wildman–Crippen LogP) is 4.31. The van der Waals surface area contributed by atoms with E-state index in [4.69, 9.17) is 4.74 Å². The van der Waals surface area contributed by atoms with Crippen LogP contribution in [0.15, 0.2) is 48.5 Å². The number of alkyl carbamates (subject to hydrolysis) is 1. The number of aliphatic carboxylic acids is 1. The van der Waals surface area contributed by atoms with Crippen molar-refractivity contribution in [1.29, 1.82) is 0 Å². The first-order valence-corrected chi connectivity index (χ1v) is 12.0. The van der Waals surface area contributed by atoms with Gasteiger partial charge in [0.15, 0.2) is 0 Å². The van der Waals surface area contributed by atoms with E-state index >= 15 is 0 Å². The third-order valence-electron chi connectivity index (χ3n) is 6.82. The van der Waals surface area contributed by atoms with Crippen LogP contribution in [0.3, 0.4) is 0 Å². The third kappa shape index (κ3) is 5.08. The predicted molar refractivity (Wildman–Crippen MR) is 128 cm³/mol. The van der Waals surface area contributed by atoms with Gasteiger partial charge >= 0.3 is 12.1 Å². The Balaban J connectivity index is 1.36. The van der Waals surface area contributed by atoms with Gasteiger partial charge in [-0.2, -0.15) is 0 Å². The van der Waals surface area contributed by atoms with Crippen LogP contribution in [0.2, 0.25) is 0 Å². The zero-order valence-corrected chi connectivity index (χ0v) is 19.6. The highest BCUT2D eigenvalue weighted by Gasteiger charge is 2.36. The number of nitrogens with one attached hydrogen (secondary N) is 2. The molecule has 7 heteroatoms. The third-order valence-corrected chi connectivity index (χ3v) is 6.82. The van der Waals surface area contributed by atoms with Gasteiger partial charge in [-0.3, -0.25) is 4.79 Å². The molecule has 2 aliphatic carbocycles. The number of carboxylic acid groups (broad SMARTS) is 1. The quantitative estimate of drug-likeness (QED) is 0.540. The molecule has 2 aromatic rings. The zero-order valence-electron chi connectivity index (χ0n) is 19.6. The summed E-state index contributed by atoms with van der Waals surface area (Å²) in [5.41, 5.74) is 4.60. The number of carboxylic acids is 1. The Hall–Kier alpha value is -3.35. The molecule has 0 bridgehead atoms. The van der Waals surface area contributed by atoms with Crippen molar-refractivity contribution >= 4 is 18.0 Å². The topological polar surface area (TPSA) is 105 Å². The standard InChI is InChI=1S/C27H32N2O5/c1-16(2)14-24(26(31)32)28-25(30)21-12-7-13-23(21)29-27(33)34-15-22-19-10-5-3-8-17(19)18-9-4-6-11-20(18)22/h3-6,8-11,16,21-24H,7,12-15H2,1-2H3,(H,28,30)(H,29,33)(H,31,32)/t21-,23+,24+/m1/s1. The normalized spacial score (nSPS) is 19.9. The van der Waals surface area contributed by atoms with Crippen molar-refractivity contribution in [2.75, 3.05) is 6.61 Å². The van der Waals surface area contributed by atoms with Crippen molar-refractivity contribution in [2.45, 2.75) is 57.5 Å². The van der Waals surface area contributed by atoms with Gasteiger partial charge in [0.1, 0.15) is 12.6 Å². The lowest BCUT2D eigenvalue weighted by Crippen LogP contribution is -2.49. The van der Waals surface area contributed by atoms with Crippen LogP contribution in [0.4, 0.5) is 4.79 Å². The van der Waals surface area contributed by atoms with Gasteiger partial charge in [0, 0.05) is 12.0 Å². The molecule has 0 radical (unpaired) electrons. The molecule has 3 atom stereocenters. The summed E-state index contributed by atoms with van der Waals surface area (Å²) in [6.07, 6.45) is 1.86. The van der Waals surface area contributed by atoms with Gasteiger partial charge < -0.3 is 20.5 Å². The summed E-state index contributed by atoms with van der Waals surface area (Å²) in [5, 5.41) is 15.0. The van der Waals surface area contributed by atoms with E-state index in [2.05, 4.69) is 34.9 Å². The molecule has 0 aliphatic heterocycles. The van der Waals surface area contributed by atoms with E-state index in [0.29, 0.717) is 19.3 Å². The van der Waals surface area contributed by atoms with Crippen molar-refractivity contribution in [1.82, 2.24) is 10.6 Å². The smallest absolute Gasteiger partial charge is 0.407 e. The van der Waals surface area contributed by atoms with Crippen molar-refractivity contribution < 1.29 is 24.2 Å². The maximum atomic E-state index is 12.8. The lowest BCUT2D eigenvalue weighted by Gasteiger charge is -2.23. The molecule has 4 rings (SSSR count). The van der Waals surface area contributed by atoms with Crippen LogP contribution in [-0.2, 0) is 14.3 Å². The molecule has 180 valence electrons. The summed E-state index contributed by atoms with van der Waals surface area (Å²) >= 11 is 0. The Morgan fingerprint density at radius 2 is 1.62 bits per heavy atom. The maximum Gasteiger partial charge on any atom is 0.407 e. The van der Waals surface area contributed by atoms with Crippen molar-refractivity contribution in [3.05, 3.63) is 59.7 Å². The summed E-state index contributed by atoms with van der Waals surface area (Å²) < 4.78 is 5.63. The second kappa shape index (κ2) is 10.3. The SMILES string of the molecule is CC(C)C[C@H](NC(=O)[C@@H]1CCC[C@@H]1NC(=O)OCC1c2ccccc2-c2ccccc21)C(=O)O. The van der Waals surface area contributed by atoms with Crippen molar-refractivity contribution in [3.8, 4) is 11.1 Å². The highest BCUT2D eigenvalue weighted by molar-refractivity contribution is 5.86. The summed E-state index contributed by atoms with van der Waals surface area (Å²) in [4.78, 5) is 37.0. The van der Waals surface area contributed by atoms with Crippen molar-refractivity contribution in [2.24, 2.45) is 11.8 Å². The van der Waals surface area contributed by atoms with Gasteiger partial charge in [-0.05, 0) is 47.4 Å². The van der Waals surface area contributed by atoms with Gasteiger partial charge in [-0.25, -0.2) is 9.59 Å². The summed E-state index contributed by atoms with van der Waals surface area (Å²) in [7, 11) is 0. The van der Waals surface area contributed by atoms with Crippen LogP contribution in [0.25, 0.3) is 11.1 Å². The minimum atomic E-state index is -1.04. The molecule has 2 amide bonds. The maximum absolute atomic E-state index is 12.8. The van der Waals surface area contributed by atoms with E-state index in [1.807, 2.05) is 38.1 Å². The number of fused-ring (bicyclic) bond motifs is 3. The molecule has 0 saturated heterocycles. The lowest BCUT2D eigenvalue weighted by molar-refractivity contribution is -0.143. The number of carbonyl (C=O) groups excluding carboxylic acids is 2. The lowest BCUT2D eigenvalue weighted by atomic mass is 9.98. The summed E-state index contributed by atoms with van der Waals surface area (Å²) in [5.74, 6) is -1.72. The average Bonchev–Trinajstić information content (AvgIpc) is 3.39. The van der Waals surface area contributed by atoms with Gasteiger partial charge in [0.25, 0.3) is 0 Å². The molecular formula is C27H32N2O5. The summed E-state index contributed by atoms with van der Waals surface area (Å²) in [6, 6.07) is 15.0. The number of rotatable bonds is 8. The number of amides is 2. The first-order valence-electron chi connectivity index (χ1n) is 12.0. The van der Waals surface area contributed by atoms with Gasteiger partial charge in [0.05, 0.1) is 5.92 Å². The molecule has 1 fully saturated rings. The molecule has 0 unspecified atom stereocenters. The Morgan fingerprint density at radius 1 is 1.00 bits per heavy atom. The van der Waals surface area contributed by atoms with E-state index in [1.165, 1.54) is 0 Å². The molecule has 0 heterocycles. The highest BCUT2D eigenvalue weighted by Crippen LogP contribution is 2.44. The van der Waals surface area contributed by atoms with E-state index in [1.54, 1.807) is 0 Å².